The molecule has 0 bridgehead atoms. The standard InChI is InChI=1S/C25H40N2O3/c1-4-17-30-25(13-11-20(2)12-14-25)24(28)26-22-7-9-23(10-8-22)29-18-16-27-15-5-6-21(3)19-27/h7-10,20-21H,4-6,11-19H2,1-3H3,(H,26,28)/t20?,21-,25?/m1/s1. The number of ether oxygens (including phenoxy) is 2. The van der Waals surface area contributed by atoms with Crippen LogP contribution in [-0.4, -0.2) is 49.3 Å². The Kier molecular flexibility index (Phi) is 8.58. The Balaban J connectivity index is 1.49. The van der Waals surface area contributed by atoms with Crippen molar-refractivity contribution in [1.82, 2.24) is 4.90 Å². The van der Waals surface area contributed by atoms with Crippen molar-refractivity contribution in [2.45, 2.75) is 71.3 Å². The number of nitrogens with one attached hydrogen (secondary N) is 1. The van der Waals surface area contributed by atoms with E-state index in [1.54, 1.807) is 0 Å². The zero-order valence-electron chi connectivity index (χ0n) is 19.1. The smallest absolute Gasteiger partial charge is 0.256 e. The molecule has 0 spiro atoms. The number of amides is 1. The third-order valence-electron chi connectivity index (χ3n) is 6.61. The maximum Gasteiger partial charge on any atom is 0.256 e. The molecule has 1 aliphatic carbocycles. The van der Waals surface area contributed by atoms with Crippen LogP contribution in [0.4, 0.5) is 5.69 Å². The van der Waals surface area contributed by atoms with Crippen LogP contribution in [0.1, 0.15) is 65.7 Å². The van der Waals surface area contributed by atoms with E-state index in [9.17, 15) is 4.79 Å². The number of carbonyl (C=O) groups excluding carboxylic acids is 1. The number of rotatable bonds is 9. The van der Waals surface area contributed by atoms with Gasteiger partial charge in [0, 0.05) is 25.4 Å². The van der Waals surface area contributed by atoms with Crippen LogP contribution >= 0.6 is 0 Å². The summed E-state index contributed by atoms with van der Waals surface area (Å²) in [5, 5.41) is 3.09. The number of benzene rings is 1. The van der Waals surface area contributed by atoms with Gasteiger partial charge in [-0.3, -0.25) is 9.69 Å². The molecule has 0 radical (unpaired) electrons. The molecule has 0 unspecified atom stereocenters. The van der Waals surface area contributed by atoms with Crippen LogP contribution in [0.5, 0.6) is 5.75 Å². The summed E-state index contributed by atoms with van der Waals surface area (Å²) in [6.07, 6.45) is 7.24. The van der Waals surface area contributed by atoms with E-state index in [1.165, 1.54) is 25.9 Å². The zero-order valence-corrected chi connectivity index (χ0v) is 19.1. The van der Waals surface area contributed by atoms with E-state index in [0.29, 0.717) is 19.1 Å². The Morgan fingerprint density at radius 2 is 1.83 bits per heavy atom. The van der Waals surface area contributed by atoms with E-state index in [4.69, 9.17) is 9.47 Å². The third kappa shape index (κ3) is 6.45. The van der Waals surface area contributed by atoms with Crippen LogP contribution in [-0.2, 0) is 9.53 Å². The van der Waals surface area contributed by atoms with E-state index in [2.05, 4.69) is 31.0 Å². The predicted molar refractivity (Wildman–Crippen MR) is 122 cm³/mol. The molecule has 1 aromatic rings. The van der Waals surface area contributed by atoms with Gasteiger partial charge in [-0.2, -0.15) is 0 Å². The molecule has 1 saturated carbocycles. The summed E-state index contributed by atoms with van der Waals surface area (Å²) in [5.41, 5.74) is 0.124. The van der Waals surface area contributed by atoms with Crippen LogP contribution < -0.4 is 10.1 Å². The first kappa shape index (κ1) is 23.1. The molecule has 1 amide bonds. The highest BCUT2D eigenvalue weighted by molar-refractivity contribution is 5.97. The van der Waals surface area contributed by atoms with Crippen LogP contribution in [0.25, 0.3) is 0 Å². The Morgan fingerprint density at radius 3 is 2.50 bits per heavy atom. The summed E-state index contributed by atoms with van der Waals surface area (Å²) in [5.74, 6) is 2.30. The van der Waals surface area contributed by atoms with Crippen molar-refractivity contribution in [3.8, 4) is 5.75 Å². The number of hydrogen-bond acceptors (Lipinski definition) is 4. The van der Waals surface area contributed by atoms with Gasteiger partial charge < -0.3 is 14.8 Å². The molecule has 0 aromatic heterocycles. The topological polar surface area (TPSA) is 50.8 Å². The molecule has 1 N–H and O–H groups in total. The summed E-state index contributed by atoms with van der Waals surface area (Å²) in [7, 11) is 0. The number of likely N-dealkylation sites (tertiary alicyclic amines) is 1. The van der Waals surface area contributed by atoms with Gasteiger partial charge in [-0.15, -0.1) is 0 Å². The minimum absolute atomic E-state index is 0.00395. The van der Waals surface area contributed by atoms with Crippen molar-refractivity contribution >= 4 is 11.6 Å². The maximum atomic E-state index is 13.1. The second kappa shape index (κ2) is 11.1. The minimum atomic E-state index is -0.677. The first-order chi connectivity index (χ1) is 14.5. The first-order valence-corrected chi connectivity index (χ1v) is 11.9. The van der Waals surface area contributed by atoms with Gasteiger partial charge in [0.25, 0.3) is 5.91 Å². The fourth-order valence-corrected chi connectivity index (χ4v) is 4.62. The molecule has 1 atom stereocenters. The number of piperidine rings is 1. The molecular formula is C25H40N2O3. The number of hydrogen-bond donors (Lipinski definition) is 1. The maximum absolute atomic E-state index is 13.1. The van der Waals surface area contributed by atoms with Gasteiger partial charge in [0.2, 0.25) is 0 Å². The highest BCUT2D eigenvalue weighted by atomic mass is 16.5. The fraction of sp³-hybridized carbons (Fsp3) is 0.720. The number of anilines is 1. The van der Waals surface area contributed by atoms with Crippen molar-refractivity contribution in [3.63, 3.8) is 0 Å². The van der Waals surface area contributed by atoms with E-state index >= 15 is 0 Å². The number of carbonyl (C=O) groups is 1. The van der Waals surface area contributed by atoms with Crippen LogP contribution in [0.3, 0.4) is 0 Å². The lowest BCUT2D eigenvalue weighted by Crippen LogP contribution is -2.48. The van der Waals surface area contributed by atoms with Gasteiger partial charge in [-0.05, 0) is 87.6 Å². The average molecular weight is 417 g/mol. The van der Waals surface area contributed by atoms with E-state index in [0.717, 1.165) is 56.0 Å². The Bertz CT molecular complexity index is 647. The summed E-state index contributed by atoms with van der Waals surface area (Å²) < 4.78 is 12.0. The summed E-state index contributed by atoms with van der Waals surface area (Å²) in [6, 6.07) is 7.73. The van der Waals surface area contributed by atoms with Gasteiger partial charge in [0.15, 0.2) is 0 Å². The van der Waals surface area contributed by atoms with Gasteiger partial charge in [-0.1, -0.05) is 20.8 Å². The van der Waals surface area contributed by atoms with Crippen LogP contribution in [0, 0.1) is 11.8 Å². The van der Waals surface area contributed by atoms with E-state index < -0.39 is 5.60 Å². The summed E-state index contributed by atoms with van der Waals surface area (Å²) >= 11 is 0. The lowest BCUT2D eigenvalue weighted by atomic mass is 9.78. The molecule has 30 heavy (non-hydrogen) atoms. The third-order valence-corrected chi connectivity index (χ3v) is 6.61. The molecule has 5 heteroatoms. The molecule has 1 saturated heterocycles. The van der Waals surface area contributed by atoms with Gasteiger partial charge in [-0.25, -0.2) is 0 Å². The monoisotopic (exact) mass is 416 g/mol. The second-order valence-corrected chi connectivity index (χ2v) is 9.40. The van der Waals surface area contributed by atoms with Gasteiger partial charge >= 0.3 is 0 Å². The molecule has 1 aromatic carbocycles. The Labute approximate surface area is 182 Å². The number of nitrogens with zero attached hydrogens (tertiary/aromatic N) is 1. The zero-order chi connectivity index (χ0) is 21.4. The molecule has 168 valence electrons. The lowest BCUT2D eigenvalue weighted by molar-refractivity contribution is -0.147. The molecule has 5 nitrogen and oxygen atoms in total. The lowest BCUT2D eigenvalue weighted by Gasteiger charge is -2.38. The van der Waals surface area contributed by atoms with E-state index in [1.807, 2.05) is 24.3 Å². The summed E-state index contributed by atoms with van der Waals surface area (Å²) in [4.78, 5) is 15.6. The van der Waals surface area contributed by atoms with Crippen molar-refractivity contribution < 1.29 is 14.3 Å². The minimum Gasteiger partial charge on any atom is -0.492 e. The average Bonchev–Trinajstić information content (AvgIpc) is 2.75. The SMILES string of the molecule is CCCOC1(C(=O)Nc2ccc(OCCN3CCC[C@@H](C)C3)cc2)CCC(C)CC1. The van der Waals surface area contributed by atoms with Crippen LogP contribution in [0.15, 0.2) is 24.3 Å². The highest BCUT2D eigenvalue weighted by Crippen LogP contribution is 2.36. The molecular weight excluding hydrogens is 376 g/mol. The molecule has 2 aliphatic rings. The van der Waals surface area contributed by atoms with Gasteiger partial charge in [0.05, 0.1) is 0 Å². The normalized spacial score (nSPS) is 27.6. The van der Waals surface area contributed by atoms with Crippen molar-refractivity contribution in [3.05, 3.63) is 24.3 Å². The predicted octanol–water partition coefficient (Wildman–Crippen LogP) is 5.11. The van der Waals surface area contributed by atoms with Gasteiger partial charge in [0.1, 0.15) is 18.0 Å². The largest absolute Gasteiger partial charge is 0.492 e. The fourth-order valence-electron chi connectivity index (χ4n) is 4.62. The second-order valence-electron chi connectivity index (χ2n) is 9.40. The molecule has 3 rings (SSSR count). The van der Waals surface area contributed by atoms with Crippen molar-refractivity contribution in [2.75, 3.05) is 38.2 Å². The van der Waals surface area contributed by atoms with Crippen LogP contribution in [0.2, 0.25) is 0 Å². The quantitative estimate of drug-likeness (QED) is 0.608. The molecule has 2 fully saturated rings. The van der Waals surface area contributed by atoms with Crippen molar-refractivity contribution in [2.24, 2.45) is 11.8 Å². The highest BCUT2D eigenvalue weighted by Gasteiger charge is 2.42. The summed E-state index contributed by atoms with van der Waals surface area (Å²) in [6.45, 7) is 11.3. The first-order valence-electron chi connectivity index (χ1n) is 11.9. The Hall–Kier alpha value is -1.59. The molecule has 1 aliphatic heterocycles. The van der Waals surface area contributed by atoms with Crippen molar-refractivity contribution in [1.29, 1.82) is 0 Å². The Morgan fingerprint density at radius 1 is 1.10 bits per heavy atom. The van der Waals surface area contributed by atoms with E-state index in [-0.39, 0.29) is 5.91 Å². The molecule has 1 heterocycles.